The first-order valence-electron chi connectivity index (χ1n) is 6.89. The second-order valence-corrected chi connectivity index (χ2v) is 4.64. The monoisotopic (exact) mass is 299 g/mol. The van der Waals surface area contributed by atoms with Crippen molar-refractivity contribution in [2.45, 2.75) is 13.0 Å². The molecular formula is C16H17N3O3. The molecule has 1 aromatic carbocycles. The lowest BCUT2D eigenvalue weighted by Crippen LogP contribution is -2.40. The van der Waals surface area contributed by atoms with Crippen molar-refractivity contribution in [2.75, 3.05) is 6.54 Å². The number of benzene rings is 1. The van der Waals surface area contributed by atoms with Gasteiger partial charge < -0.3 is 15.7 Å². The summed E-state index contributed by atoms with van der Waals surface area (Å²) in [6.45, 7) is 0.430. The van der Waals surface area contributed by atoms with E-state index in [-0.39, 0.29) is 12.3 Å². The minimum absolute atomic E-state index is 0.0818. The molecule has 0 unspecified atom stereocenters. The number of aromatic nitrogens is 1. The molecule has 0 saturated carbocycles. The second kappa shape index (κ2) is 7.78. The van der Waals surface area contributed by atoms with Gasteiger partial charge in [0.25, 0.3) is 0 Å². The third kappa shape index (κ3) is 4.59. The van der Waals surface area contributed by atoms with Gasteiger partial charge in [-0.05, 0) is 18.2 Å². The topological polar surface area (TPSA) is 91.3 Å². The first-order valence-corrected chi connectivity index (χ1v) is 6.89. The second-order valence-electron chi connectivity index (χ2n) is 4.64. The zero-order valence-electron chi connectivity index (χ0n) is 12.0. The van der Waals surface area contributed by atoms with Crippen molar-refractivity contribution in [3.63, 3.8) is 0 Å². The van der Waals surface area contributed by atoms with Gasteiger partial charge in [-0.15, -0.1) is 0 Å². The van der Waals surface area contributed by atoms with E-state index in [0.29, 0.717) is 18.5 Å². The standard InChI is InChI=1S/C16H17N3O3/c20-14-7-2-1-5-12(14)11-19-16(22)15(21)18-10-8-13-6-3-4-9-17-13/h1-7,9,20H,8,10-11H2,(H,18,21)(H,19,22). The molecule has 2 rings (SSSR count). The molecule has 0 spiro atoms. The average molecular weight is 299 g/mol. The maximum absolute atomic E-state index is 11.6. The van der Waals surface area contributed by atoms with Crippen LogP contribution in [0.4, 0.5) is 0 Å². The lowest BCUT2D eigenvalue weighted by atomic mass is 10.2. The minimum atomic E-state index is -0.732. The first kappa shape index (κ1) is 15.5. The van der Waals surface area contributed by atoms with E-state index in [4.69, 9.17) is 0 Å². The Hall–Kier alpha value is -2.89. The Balaban J connectivity index is 1.73. The van der Waals surface area contributed by atoms with Crippen molar-refractivity contribution in [1.29, 1.82) is 0 Å². The molecule has 2 aromatic rings. The van der Waals surface area contributed by atoms with E-state index in [2.05, 4.69) is 15.6 Å². The van der Waals surface area contributed by atoms with Crippen molar-refractivity contribution in [1.82, 2.24) is 15.6 Å². The SMILES string of the molecule is O=C(NCCc1ccccn1)C(=O)NCc1ccccc1O. The maximum atomic E-state index is 11.6. The van der Waals surface area contributed by atoms with Gasteiger partial charge >= 0.3 is 11.8 Å². The number of aromatic hydroxyl groups is 1. The van der Waals surface area contributed by atoms with Gasteiger partial charge in [0.1, 0.15) is 5.75 Å². The molecule has 0 aliphatic heterocycles. The van der Waals surface area contributed by atoms with Gasteiger partial charge in [0.15, 0.2) is 0 Å². The molecule has 0 fully saturated rings. The predicted molar refractivity (Wildman–Crippen MR) is 80.9 cm³/mol. The Morgan fingerprint density at radius 1 is 1.00 bits per heavy atom. The quantitative estimate of drug-likeness (QED) is 0.711. The molecule has 6 nitrogen and oxygen atoms in total. The Bertz CT molecular complexity index is 644. The molecular weight excluding hydrogens is 282 g/mol. The summed E-state index contributed by atoms with van der Waals surface area (Å²) in [5, 5.41) is 14.6. The number of phenolic OH excluding ortho intramolecular Hbond substituents is 1. The van der Waals surface area contributed by atoms with Crippen LogP contribution in [0.2, 0.25) is 0 Å². The van der Waals surface area contributed by atoms with Crippen molar-refractivity contribution in [3.8, 4) is 5.75 Å². The van der Waals surface area contributed by atoms with Gasteiger partial charge in [-0.25, -0.2) is 0 Å². The van der Waals surface area contributed by atoms with E-state index < -0.39 is 11.8 Å². The number of hydrogen-bond acceptors (Lipinski definition) is 4. The van der Waals surface area contributed by atoms with Gasteiger partial charge in [0.05, 0.1) is 0 Å². The molecule has 0 saturated heterocycles. The van der Waals surface area contributed by atoms with E-state index in [1.807, 2.05) is 18.2 Å². The Morgan fingerprint density at radius 3 is 2.45 bits per heavy atom. The van der Waals surface area contributed by atoms with Crippen molar-refractivity contribution in [2.24, 2.45) is 0 Å². The van der Waals surface area contributed by atoms with Crippen LogP contribution < -0.4 is 10.6 Å². The molecule has 2 amide bonds. The van der Waals surface area contributed by atoms with Gasteiger partial charge in [-0.3, -0.25) is 14.6 Å². The molecule has 0 aliphatic rings. The van der Waals surface area contributed by atoms with E-state index in [1.165, 1.54) is 6.07 Å². The minimum Gasteiger partial charge on any atom is -0.508 e. The van der Waals surface area contributed by atoms with E-state index >= 15 is 0 Å². The molecule has 1 aromatic heterocycles. The van der Waals surface area contributed by atoms with E-state index in [0.717, 1.165) is 5.69 Å². The fourth-order valence-electron chi connectivity index (χ4n) is 1.85. The predicted octanol–water partition coefficient (Wildman–Crippen LogP) is 0.762. The number of carbonyl (C=O) groups is 2. The molecule has 6 heteroatoms. The highest BCUT2D eigenvalue weighted by Crippen LogP contribution is 2.14. The number of pyridine rings is 1. The summed E-state index contributed by atoms with van der Waals surface area (Å²) in [5.41, 5.74) is 1.40. The molecule has 0 bridgehead atoms. The fourth-order valence-corrected chi connectivity index (χ4v) is 1.85. The number of para-hydroxylation sites is 1. The van der Waals surface area contributed by atoms with Gasteiger partial charge in [0.2, 0.25) is 0 Å². The lowest BCUT2D eigenvalue weighted by molar-refractivity contribution is -0.139. The summed E-state index contributed by atoms with van der Waals surface area (Å²) in [5.74, 6) is -1.35. The van der Waals surface area contributed by atoms with Crippen LogP contribution in [-0.2, 0) is 22.6 Å². The Labute approximate surface area is 128 Å². The number of carbonyl (C=O) groups excluding carboxylic acids is 2. The molecule has 0 radical (unpaired) electrons. The first-order chi connectivity index (χ1) is 10.7. The molecule has 22 heavy (non-hydrogen) atoms. The summed E-state index contributed by atoms with van der Waals surface area (Å²) >= 11 is 0. The van der Waals surface area contributed by atoms with Crippen molar-refractivity contribution < 1.29 is 14.7 Å². The number of rotatable bonds is 5. The number of hydrogen-bond donors (Lipinski definition) is 3. The maximum Gasteiger partial charge on any atom is 0.309 e. The van der Waals surface area contributed by atoms with Crippen LogP contribution in [-0.4, -0.2) is 28.4 Å². The number of amides is 2. The van der Waals surface area contributed by atoms with Gasteiger partial charge in [0, 0.05) is 37.0 Å². The van der Waals surface area contributed by atoms with Crippen molar-refractivity contribution in [3.05, 3.63) is 59.9 Å². The number of nitrogens with one attached hydrogen (secondary N) is 2. The largest absolute Gasteiger partial charge is 0.508 e. The average Bonchev–Trinajstić information content (AvgIpc) is 2.54. The van der Waals surface area contributed by atoms with Gasteiger partial charge in [-0.2, -0.15) is 0 Å². The number of nitrogens with zero attached hydrogens (tertiary/aromatic N) is 1. The highest BCUT2D eigenvalue weighted by molar-refractivity contribution is 6.35. The molecule has 114 valence electrons. The lowest BCUT2D eigenvalue weighted by Gasteiger charge is -2.07. The van der Waals surface area contributed by atoms with Crippen LogP contribution in [0.5, 0.6) is 5.75 Å². The van der Waals surface area contributed by atoms with Crippen molar-refractivity contribution >= 4 is 11.8 Å². The zero-order valence-corrected chi connectivity index (χ0v) is 12.0. The van der Waals surface area contributed by atoms with Crippen LogP contribution in [0.15, 0.2) is 48.7 Å². The third-order valence-electron chi connectivity index (χ3n) is 3.03. The van der Waals surface area contributed by atoms with Crippen LogP contribution in [0.25, 0.3) is 0 Å². The van der Waals surface area contributed by atoms with Crippen LogP contribution in [0.1, 0.15) is 11.3 Å². The normalized spacial score (nSPS) is 10.0. The molecule has 3 N–H and O–H groups in total. The fraction of sp³-hybridized carbons (Fsp3) is 0.188. The zero-order chi connectivity index (χ0) is 15.8. The molecule has 0 aliphatic carbocycles. The summed E-state index contributed by atoms with van der Waals surface area (Å²) in [6, 6.07) is 12.2. The summed E-state index contributed by atoms with van der Waals surface area (Å²) < 4.78 is 0. The van der Waals surface area contributed by atoms with Crippen LogP contribution in [0.3, 0.4) is 0 Å². The third-order valence-corrected chi connectivity index (χ3v) is 3.03. The summed E-state index contributed by atoms with van der Waals surface area (Å²) in [6.07, 6.45) is 2.23. The molecule has 0 atom stereocenters. The van der Waals surface area contributed by atoms with Crippen LogP contribution in [0, 0.1) is 0 Å². The van der Waals surface area contributed by atoms with Crippen LogP contribution >= 0.6 is 0 Å². The van der Waals surface area contributed by atoms with Gasteiger partial charge in [-0.1, -0.05) is 24.3 Å². The summed E-state index contributed by atoms with van der Waals surface area (Å²) in [4.78, 5) is 27.4. The van der Waals surface area contributed by atoms with E-state index in [9.17, 15) is 14.7 Å². The molecule has 1 heterocycles. The smallest absolute Gasteiger partial charge is 0.309 e. The summed E-state index contributed by atoms with van der Waals surface area (Å²) in [7, 11) is 0. The number of phenols is 1. The highest BCUT2D eigenvalue weighted by Gasteiger charge is 2.13. The Kier molecular flexibility index (Phi) is 5.48. The van der Waals surface area contributed by atoms with E-state index in [1.54, 1.807) is 24.4 Å². The Morgan fingerprint density at radius 2 is 1.73 bits per heavy atom. The highest BCUT2D eigenvalue weighted by atomic mass is 16.3.